The van der Waals surface area contributed by atoms with Gasteiger partial charge in [0.1, 0.15) is 0 Å². The zero-order valence-electron chi connectivity index (χ0n) is 13.7. The quantitative estimate of drug-likeness (QED) is 0.845. The monoisotopic (exact) mass is 332 g/mol. The van der Waals surface area contributed by atoms with Crippen LogP contribution in [0.3, 0.4) is 0 Å². The molecule has 24 heavy (non-hydrogen) atoms. The van der Waals surface area contributed by atoms with Crippen LogP contribution in [-0.4, -0.2) is 28.6 Å². The van der Waals surface area contributed by atoms with Gasteiger partial charge in [-0.05, 0) is 55.9 Å². The second-order valence-electron chi connectivity index (χ2n) is 6.16. The molecule has 0 radical (unpaired) electrons. The summed E-state index contributed by atoms with van der Waals surface area (Å²) in [6.45, 7) is 0.619. The molecular formula is C18H21FN2O3. The number of nitrogens with zero attached hydrogens (tertiary/aromatic N) is 2. The summed E-state index contributed by atoms with van der Waals surface area (Å²) in [5.74, 6) is 0.211. The van der Waals surface area contributed by atoms with Crippen molar-refractivity contribution >= 4 is 0 Å². The number of methoxy groups -OCH3 is 1. The maximum absolute atomic E-state index is 14.0. The average Bonchev–Trinajstić information content (AvgIpc) is 3.39. The molecule has 1 aromatic carbocycles. The first-order valence-electron chi connectivity index (χ1n) is 8.18. The minimum absolute atomic E-state index is 0.0247. The molecule has 1 heterocycles. The van der Waals surface area contributed by atoms with Crippen LogP contribution in [-0.2, 0) is 13.0 Å². The minimum Gasteiger partial charge on any atom is -0.494 e. The minimum atomic E-state index is -0.464. The largest absolute Gasteiger partial charge is 0.494 e. The third-order valence-electron chi connectivity index (χ3n) is 4.23. The van der Waals surface area contributed by atoms with Crippen LogP contribution in [0.25, 0.3) is 11.3 Å². The first-order valence-corrected chi connectivity index (χ1v) is 8.18. The molecule has 2 aromatic rings. The summed E-state index contributed by atoms with van der Waals surface area (Å²) in [4.78, 5) is 12.5. The molecule has 0 atom stereocenters. The second-order valence-corrected chi connectivity index (χ2v) is 6.16. The lowest BCUT2D eigenvalue weighted by Crippen LogP contribution is -2.27. The summed E-state index contributed by atoms with van der Waals surface area (Å²) < 4.78 is 20.4. The first-order chi connectivity index (χ1) is 11.6. The van der Waals surface area contributed by atoms with Crippen LogP contribution in [0.5, 0.6) is 5.75 Å². The standard InChI is InChI=1S/C18H21FN2O3/c1-24-17-7-6-13(9-15(17)19)16-10-14(3-2-8-22)18(23)21(20-16)11-12-4-5-12/h6-7,9-10,12,22H,2-5,8,11H2,1H3. The Morgan fingerprint density at radius 2 is 2.17 bits per heavy atom. The van der Waals surface area contributed by atoms with Gasteiger partial charge in [-0.1, -0.05) is 0 Å². The molecule has 0 saturated heterocycles. The molecular weight excluding hydrogens is 311 g/mol. The van der Waals surface area contributed by atoms with E-state index in [0.717, 1.165) is 12.8 Å². The van der Waals surface area contributed by atoms with E-state index < -0.39 is 5.82 Å². The van der Waals surface area contributed by atoms with Gasteiger partial charge < -0.3 is 9.84 Å². The maximum Gasteiger partial charge on any atom is 0.269 e. The van der Waals surface area contributed by atoms with Crippen LogP contribution in [0.2, 0.25) is 0 Å². The average molecular weight is 332 g/mol. The number of hydrogen-bond acceptors (Lipinski definition) is 4. The van der Waals surface area contributed by atoms with Crippen molar-refractivity contribution in [1.82, 2.24) is 9.78 Å². The van der Waals surface area contributed by atoms with Gasteiger partial charge in [0.15, 0.2) is 11.6 Å². The third-order valence-corrected chi connectivity index (χ3v) is 4.23. The van der Waals surface area contributed by atoms with E-state index >= 15 is 0 Å². The summed E-state index contributed by atoms with van der Waals surface area (Å²) in [6.07, 6.45) is 3.22. The highest BCUT2D eigenvalue weighted by molar-refractivity contribution is 5.60. The second kappa shape index (κ2) is 7.13. The topological polar surface area (TPSA) is 64.3 Å². The Balaban J connectivity index is 2.02. The highest BCUT2D eigenvalue weighted by Crippen LogP contribution is 2.30. The molecule has 1 fully saturated rings. The molecule has 5 nitrogen and oxygen atoms in total. The molecule has 1 saturated carbocycles. The first kappa shape index (κ1) is 16.6. The summed E-state index contributed by atoms with van der Waals surface area (Å²) in [7, 11) is 1.42. The number of hydrogen-bond donors (Lipinski definition) is 1. The number of aliphatic hydroxyl groups is 1. The van der Waals surface area contributed by atoms with Gasteiger partial charge in [-0.3, -0.25) is 4.79 Å². The van der Waals surface area contributed by atoms with Crippen molar-refractivity contribution in [3.8, 4) is 17.0 Å². The Morgan fingerprint density at radius 3 is 2.79 bits per heavy atom. The van der Waals surface area contributed by atoms with Crippen LogP contribution < -0.4 is 10.3 Å². The van der Waals surface area contributed by atoms with Gasteiger partial charge in [-0.25, -0.2) is 9.07 Å². The van der Waals surface area contributed by atoms with Crippen molar-refractivity contribution in [2.45, 2.75) is 32.2 Å². The number of aryl methyl sites for hydroxylation is 1. The molecule has 1 aliphatic carbocycles. The van der Waals surface area contributed by atoms with Gasteiger partial charge >= 0.3 is 0 Å². The van der Waals surface area contributed by atoms with E-state index in [2.05, 4.69) is 5.10 Å². The van der Waals surface area contributed by atoms with Crippen molar-refractivity contribution in [2.24, 2.45) is 5.92 Å². The molecule has 0 unspecified atom stereocenters. The predicted molar refractivity (Wildman–Crippen MR) is 88.6 cm³/mol. The number of rotatable bonds is 7. The molecule has 0 bridgehead atoms. The summed E-state index contributed by atoms with van der Waals surface area (Å²) >= 11 is 0. The number of ether oxygens (including phenoxy) is 1. The van der Waals surface area contributed by atoms with Crippen LogP contribution >= 0.6 is 0 Å². The number of aromatic nitrogens is 2. The van der Waals surface area contributed by atoms with Gasteiger partial charge in [-0.15, -0.1) is 0 Å². The highest BCUT2D eigenvalue weighted by atomic mass is 19.1. The van der Waals surface area contributed by atoms with Gasteiger partial charge in [0.25, 0.3) is 5.56 Å². The molecule has 1 aliphatic rings. The van der Waals surface area contributed by atoms with E-state index in [9.17, 15) is 9.18 Å². The fourth-order valence-corrected chi connectivity index (χ4v) is 2.68. The van der Waals surface area contributed by atoms with E-state index in [0.29, 0.717) is 42.1 Å². The van der Waals surface area contributed by atoms with Crippen molar-refractivity contribution in [3.05, 3.63) is 46.0 Å². The predicted octanol–water partition coefficient (Wildman–Crippen LogP) is 2.39. The third kappa shape index (κ3) is 3.64. The lowest BCUT2D eigenvalue weighted by Gasteiger charge is -2.11. The molecule has 0 spiro atoms. The van der Waals surface area contributed by atoms with Crippen molar-refractivity contribution in [2.75, 3.05) is 13.7 Å². The molecule has 1 N–H and O–H groups in total. The molecule has 0 amide bonds. The SMILES string of the molecule is COc1ccc(-c2cc(CCCO)c(=O)n(CC3CC3)n2)cc1F. The van der Waals surface area contributed by atoms with Crippen LogP contribution in [0.1, 0.15) is 24.8 Å². The van der Waals surface area contributed by atoms with Crippen molar-refractivity contribution in [3.63, 3.8) is 0 Å². The Hall–Kier alpha value is -2.21. The van der Waals surface area contributed by atoms with Gasteiger partial charge in [0.2, 0.25) is 0 Å². The number of aliphatic hydroxyl groups excluding tert-OH is 1. The molecule has 6 heteroatoms. The fraction of sp³-hybridized carbons (Fsp3) is 0.444. The van der Waals surface area contributed by atoms with Crippen LogP contribution in [0, 0.1) is 11.7 Å². The van der Waals surface area contributed by atoms with Crippen LogP contribution in [0.15, 0.2) is 29.1 Å². The van der Waals surface area contributed by atoms with E-state index in [1.54, 1.807) is 18.2 Å². The molecule has 1 aromatic heterocycles. The lowest BCUT2D eigenvalue weighted by atomic mass is 10.1. The highest BCUT2D eigenvalue weighted by Gasteiger charge is 2.23. The summed E-state index contributed by atoms with van der Waals surface area (Å²) in [5.41, 5.74) is 1.65. The Morgan fingerprint density at radius 1 is 1.38 bits per heavy atom. The zero-order chi connectivity index (χ0) is 17.1. The van der Waals surface area contributed by atoms with Gasteiger partial charge in [0.05, 0.1) is 12.8 Å². The Bertz CT molecular complexity index is 784. The van der Waals surface area contributed by atoms with Gasteiger partial charge in [-0.2, -0.15) is 5.10 Å². The normalized spacial score (nSPS) is 14.0. The fourth-order valence-electron chi connectivity index (χ4n) is 2.68. The number of halogens is 1. The Labute approximate surface area is 139 Å². The Kier molecular flexibility index (Phi) is 4.94. The van der Waals surface area contributed by atoms with E-state index in [1.165, 1.54) is 17.9 Å². The lowest BCUT2D eigenvalue weighted by molar-refractivity contribution is 0.288. The molecule has 3 rings (SSSR count). The smallest absolute Gasteiger partial charge is 0.269 e. The summed E-state index contributed by atoms with van der Waals surface area (Å²) in [6, 6.07) is 6.34. The van der Waals surface area contributed by atoms with E-state index in [1.807, 2.05) is 0 Å². The summed E-state index contributed by atoms with van der Waals surface area (Å²) in [5, 5.41) is 13.5. The zero-order valence-corrected chi connectivity index (χ0v) is 13.7. The van der Waals surface area contributed by atoms with Crippen molar-refractivity contribution < 1.29 is 14.2 Å². The van der Waals surface area contributed by atoms with Crippen LogP contribution in [0.4, 0.5) is 4.39 Å². The molecule has 128 valence electrons. The van der Waals surface area contributed by atoms with Crippen molar-refractivity contribution in [1.29, 1.82) is 0 Å². The van der Waals surface area contributed by atoms with E-state index in [4.69, 9.17) is 9.84 Å². The molecule has 0 aliphatic heterocycles. The van der Waals surface area contributed by atoms with Gasteiger partial charge in [0, 0.05) is 24.3 Å². The maximum atomic E-state index is 14.0. The van der Waals surface area contributed by atoms with E-state index in [-0.39, 0.29) is 17.9 Å². The number of benzene rings is 1.